The average Bonchev–Trinajstić information content (AvgIpc) is 3.27. The number of nitrogens with one attached hydrogen (secondary N) is 3. The number of aromatic nitrogens is 3. The van der Waals surface area contributed by atoms with Gasteiger partial charge in [-0.3, -0.25) is 5.32 Å². The van der Waals surface area contributed by atoms with E-state index in [1.165, 1.54) is 11.8 Å². The zero-order valence-corrected chi connectivity index (χ0v) is 19.4. The van der Waals surface area contributed by atoms with Crippen LogP contribution in [0.3, 0.4) is 0 Å². The van der Waals surface area contributed by atoms with Gasteiger partial charge in [0, 0.05) is 46.8 Å². The van der Waals surface area contributed by atoms with E-state index in [0.29, 0.717) is 24.7 Å². The molecule has 10 heteroatoms. The quantitative estimate of drug-likeness (QED) is 0.349. The number of morpholine rings is 1. The minimum Gasteiger partial charge on any atom is -0.497 e. The minimum atomic E-state index is -0.424. The van der Waals surface area contributed by atoms with Crippen LogP contribution in [-0.2, 0) is 4.74 Å². The van der Waals surface area contributed by atoms with Crippen molar-refractivity contribution in [3.8, 4) is 5.75 Å². The fourth-order valence-electron chi connectivity index (χ4n) is 3.66. The Kier molecular flexibility index (Phi) is 6.50. The summed E-state index contributed by atoms with van der Waals surface area (Å²) in [6.07, 6.45) is 1.97. The van der Waals surface area contributed by atoms with Crippen LogP contribution >= 0.6 is 11.8 Å². The molecule has 5 rings (SSSR count). The summed E-state index contributed by atoms with van der Waals surface area (Å²) < 4.78 is 10.6. The predicted molar refractivity (Wildman–Crippen MR) is 133 cm³/mol. The van der Waals surface area contributed by atoms with Crippen molar-refractivity contribution in [2.24, 2.45) is 0 Å². The molecule has 0 spiro atoms. The Labute approximate surface area is 200 Å². The van der Waals surface area contributed by atoms with Crippen LogP contribution in [-0.4, -0.2) is 54.4 Å². The number of hydrogen-bond acceptors (Lipinski definition) is 7. The molecule has 9 nitrogen and oxygen atoms in total. The lowest BCUT2D eigenvalue weighted by atomic mass is 10.2. The standard InChI is InChI=1S/C24H24N6O3S/c1-32-17-8-6-16(7-9-17)26-24(31)29-23-27-21(30-10-12-33-13-11-30)14-22(28-23)34-20-15-25-19-5-3-2-4-18(19)20/h2-9,14-15,25H,10-13H2,1H3,(H2,26,27,28,29,31). The van der Waals surface area contributed by atoms with Gasteiger partial charge in [0.1, 0.15) is 16.6 Å². The van der Waals surface area contributed by atoms with Crippen LogP contribution in [0.25, 0.3) is 10.9 Å². The number of carbonyl (C=O) groups excluding carboxylic acids is 1. The normalized spacial score (nSPS) is 13.6. The number of hydrogen-bond donors (Lipinski definition) is 3. The number of fused-ring (bicyclic) bond motifs is 1. The van der Waals surface area contributed by atoms with Gasteiger partial charge in [-0.2, -0.15) is 4.98 Å². The number of carbonyl (C=O) groups is 1. The van der Waals surface area contributed by atoms with Gasteiger partial charge in [0.2, 0.25) is 5.95 Å². The van der Waals surface area contributed by atoms with E-state index in [9.17, 15) is 4.79 Å². The first-order valence-corrected chi connectivity index (χ1v) is 11.7. The SMILES string of the molecule is COc1ccc(NC(=O)Nc2nc(Sc3c[nH]c4ccccc34)cc(N3CCOCC3)n2)cc1. The molecule has 1 aliphatic rings. The van der Waals surface area contributed by atoms with E-state index in [4.69, 9.17) is 9.47 Å². The molecular formula is C24H24N6O3S. The number of para-hydroxylation sites is 1. The predicted octanol–water partition coefficient (Wildman–Crippen LogP) is 4.60. The summed E-state index contributed by atoms with van der Waals surface area (Å²) >= 11 is 1.53. The van der Waals surface area contributed by atoms with Crippen molar-refractivity contribution < 1.29 is 14.3 Å². The monoisotopic (exact) mass is 476 g/mol. The number of rotatable bonds is 6. The van der Waals surface area contributed by atoms with Crippen LogP contribution in [0.2, 0.25) is 0 Å². The highest BCUT2D eigenvalue weighted by atomic mass is 32.2. The zero-order valence-electron chi connectivity index (χ0n) is 18.6. The number of aromatic amines is 1. The fraction of sp³-hybridized carbons (Fsp3) is 0.208. The maximum Gasteiger partial charge on any atom is 0.326 e. The maximum atomic E-state index is 12.6. The van der Waals surface area contributed by atoms with Gasteiger partial charge in [-0.1, -0.05) is 30.0 Å². The molecule has 1 saturated heterocycles. The van der Waals surface area contributed by atoms with Gasteiger partial charge in [0.25, 0.3) is 0 Å². The maximum absolute atomic E-state index is 12.6. The number of benzene rings is 2. The van der Waals surface area contributed by atoms with Crippen LogP contribution in [0, 0.1) is 0 Å². The Hall–Kier alpha value is -3.76. The number of urea groups is 1. The average molecular weight is 477 g/mol. The van der Waals surface area contributed by atoms with Crippen molar-refractivity contribution in [1.82, 2.24) is 15.0 Å². The van der Waals surface area contributed by atoms with Crippen molar-refractivity contribution in [3.05, 3.63) is 60.8 Å². The second-order valence-electron chi connectivity index (χ2n) is 7.60. The summed E-state index contributed by atoms with van der Waals surface area (Å²) in [6.45, 7) is 2.72. The lowest BCUT2D eigenvalue weighted by Crippen LogP contribution is -2.37. The van der Waals surface area contributed by atoms with Crippen molar-refractivity contribution in [1.29, 1.82) is 0 Å². The molecule has 2 aromatic carbocycles. The molecule has 34 heavy (non-hydrogen) atoms. The first-order chi connectivity index (χ1) is 16.7. The molecule has 0 saturated carbocycles. The molecule has 3 heterocycles. The van der Waals surface area contributed by atoms with Crippen LogP contribution in [0.4, 0.5) is 22.2 Å². The van der Waals surface area contributed by atoms with E-state index in [2.05, 4.69) is 36.6 Å². The first-order valence-electron chi connectivity index (χ1n) is 10.9. The zero-order chi connectivity index (χ0) is 23.3. The minimum absolute atomic E-state index is 0.234. The Bertz CT molecular complexity index is 1290. The Balaban J connectivity index is 1.39. The number of amides is 2. The number of H-pyrrole nitrogens is 1. The molecular weight excluding hydrogens is 452 g/mol. The van der Waals surface area contributed by atoms with Crippen molar-refractivity contribution in [2.75, 3.05) is 48.9 Å². The van der Waals surface area contributed by atoms with E-state index in [1.807, 2.05) is 30.5 Å². The smallest absolute Gasteiger partial charge is 0.326 e. The fourth-order valence-corrected chi connectivity index (χ4v) is 4.58. The Morgan fingerprint density at radius 3 is 2.68 bits per heavy atom. The van der Waals surface area contributed by atoms with E-state index < -0.39 is 6.03 Å². The third-order valence-electron chi connectivity index (χ3n) is 5.36. The molecule has 0 unspecified atom stereocenters. The van der Waals surface area contributed by atoms with Gasteiger partial charge in [-0.25, -0.2) is 9.78 Å². The second kappa shape index (κ2) is 10.0. The summed E-state index contributed by atoms with van der Waals surface area (Å²) in [7, 11) is 1.60. The van der Waals surface area contributed by atoms with Crippen LogP contribution < -0.4 is 20.3 Å². The molecule has 0 atom stereocenters. The molecule has 1 fully saturated rings. The molecule has 1 aliphatic heterocycles. The highest BCUT2D eigenvalue weighted by molar-refractivity contribution is 7.99. The molecule has 0 aliphatic carbocycles. The first kappa shape index (κ1) is 22.1. The third-order valence-corrected chi connectivity index (χ3v) is 6.34. The largest absolute Gasteiger partial charge is 0.497 e. The lowest BCUT2D eigenvalue weighted by molar-refractivity contribution is 0.122. The third kappa shape index (κ3) is 5.08. The highest BCUT2D eigenvalue weighted by Crippen LogP contribution is 2.34. The van der Waals surface area contributed by atoms with Crippen LogP contribution in [0.5, 0.6) is 5.75 Å². The molecule has 3 N–H and O–H groups in total. The molecule has 4 aromatic rings. The Morgan fingerprint density at radius 2 is 1.88 bits per heavy atom. The second-order valence-corrected chi connectivity index (χ2v) is 8.66. The van der Waals surface area contributed by atoms with Gasteiger partial charge in [0.15, 0.2) is 0 Å². The Morgan fingerprint density at radius 1 is 1.09 bits per heavy atom. The van der Waals surface area contributed by atoms with Gasteiger partial charge in [0.05, 0.1) is 20.3 Å². The number of ether oxygens (including phenoxy) is 2. The summed E-state index contributed by atoms with van der Waals surface area (Å²) in [4.78, 5) is 28.3. The van der Waals surface area contributed by atoms with Crippen LogP contribution in [0.1, 0.15) is 0 Å². The molecule has 0 bridgehead atoms. The van der Waals surface area contributed by atoms with Gasteiger partial charge < -0.3 is 24.7 Å². The van der Waals surface area contributed by atoms with E-state index >= 15 is 0 Å². The van der Waals surface area contributed by atoms with E-state index in [1.54, 1.807) is 31.4 Å². The van der Waals surface area contributed by atoms with E-state index in [-0.39, 0.29) is 5.95 Å². The molecule has 2 amide bonds. The van der Waals surface area contributed by atoms with Crippen molar-refractivity contribution in [3.63, 3.8) is 0 Å². The number of methoxy groups -OCH3 is 1. The van der Waals surface area contributed by atoms with E-state index in [0.717, 1.165) is 39.7 Å². The van der Waals surface area contributed by atoms with Gasteiger partial charge in [-0.05, 0) is 30.3 Å². The van der Waals surface area contributed by atoms with Gasteiger partial charge >= 0.3 is 6.03 Å². The molecule has 2 aromatic heterocycles. The van der Waals surface area contributed by atoms with Crippen LogP contribution in [0.15, 0.2) is 70.7 Å². The topological polar surface area (TPSA) is 104 Å². The number of anilines is 3. The highest BCUT2D eigenvalue weighted by Gasteiger charge is 2.17. The summed E-state index contributed by atoms with van der Waals surface area (Å²) in [6, 6.07) is 16.7. The molecule has 0 radical (unpaired) electrons. The van der Waals surface area contributed by atoms with Crippen molar-refractivity contribution >= 4 is 46.1 Å². The number of nitrogens with zero attached hydrogens (tertiary/aromatic N) is 3. The lowest BCUT2D eigenvalue weighted by Gasteiger charge is -2.28. The summed E-state index contributed by atoms with van der Waals surface area (Å²) in [5, 5.41) is 7.43. The molecule has 174 valence electrons. The van der Waals surface area contributed by atoms with Gasteiger partial charge in [-0.15, -0.1) is 0 Å². The van der Waals surface area contributed by atoms with Crippen molar-refractivity contribution in [2.45, 2.75) is 9.92 Å². The summed E-state index contributed by atoms with van der Waals surface area (Å²) in [5.74, 6) is 1.70. The summed E-state index contributed by atoms with van der Waals surface area (Å²) in [5.41, 5.74) is 1.70.